The Bertz CT molecular complexity index is 376. The van der Waals surface area contributed by atoms with E-state index in [2.05, 4.69) is 0 Å². The maximum atomic E-state index is 11.4. The molecule has 1 aliphatic rings. The van der Waals surface area contributed by atoms with E-state index in [1.165, 1.54) is 12.2 Å². The van der Waals surface area contributed by atoms with Gasteiger partial charge in [-0.3, -0.25) is 19.3 Å². The van der Waals surface area contributed by atoms with Crippen LogP contribution in [0.5, 0.6) is 0 Å². The average molecular weight is 269 g/mol. The minimum Gasteiger partial charge on any atom is -0.463 e. The van der Waals surface area contributed by atoms with Gasteiger partial charge < -0.3 is 9.47 Å². The molecule has 19 heavy (non-hydrogen) atoms. The van der Waals surface area contributed by atoms with Gasteiger partial charge in [0, 0.05) is 12.2 Å². The maximum absolute atomic E-state index is 11.4. The van der Waals surface area contributed by atoms with Crippen LogP contribution in [0.4, 0.5) is 0 Å². The summed E-state index contributed by atoms with van der Waals surface area (Å²) in [6, 6.07) is 0. The van der Waals surface area contributed by atoms with Crippen molar-refractivity contribution < 1.29 is 23.9 Å². The topological polar surface area (TPSA) is 72.9 Å². The normalized spacial score (nSPS) is 15.2. The van der Waals surface area contributed by atoms with E-state index in [1.807, 2.05) is 0 Å². The van der Waals surface area contributed by atoms with Crippen molar-refractivity contribution in [1.29, 1.82) is 0 Å². The van der Waals surface area contributed by atoms with Gasteiger partial charge in [0.05, 0.1) is 25.2 Å². The van der Waals surface area contributed by atoms with Crippen LogP contribution in [0, 0.1) is 5.41 Å². The third-order valence-corrected chi connectivity index (χ3v) is 2.43. The second-order valence-electron chi connectivity index (χ2n) is 5.16. The van der Waals surface area contributed by atoms with E-state index in [9.17, 15) is 14.4 Å². The summed E-state index contributed by atoms with van der Waals surface area (Å²) < 4.78 is 10.2. The molecule has 0 spiro atoms. The number of ether oxygens (including phenoxy) is 2. The predicted molar refractivity (Wildman–Crippen MR) is 67.1 cm³/mol. The molecule has 2 amide bonds. The number of imide groups is 1. The zero-order chi connectivity index (χ0) is 14.5. The van der Waals surface area contributed by atoms with Gasteiger partial charge >= 0.3 is 5.97 Å². The highest BCUT2D eigenvalue weighted by atomic mass is 16.6. The number of esters is 1. The van der Waals surface area contributed by atoms with Crippen LogP contribution < -0.4 is 0 Å². The molecule has 0 fully saturated rings. The van der Waals surface area contributed by atoms with Crippen molar-refractivity contribution in [3.63, 3.8) is 0 Å². The number of carbonyl (C=O) groups excluding carboxylic acids is 3. The summed E-state index contributed by atoms with van der Waals surface area (Å²) in [6.07, 6.45) is 2.46. The minimum absolute atomic E-state index is 0.163. The lowest BCUT2D eigenvalue weighted by Gasteiger charge is -2.17. The highest BCUT2D eigenvalue weighted by Gasteiger charge is 2.23. The number of nitrogens with zero attached hydrogens (tertiary/aromatic N) is 1. The molecule has 6 nitrogen and oxygen atoms in total. The molecule has 0 saturated heterocycles. The van der Waals surface area contributed by atoms with Gasteiger partial charge in [0.2, 0.25) is 0 Å². The van der Waals surface area contributed by atoms with Crippen molar-refractivity contribution in [3.8, 4) is 0 Å². The van der Waals surface area contributed by atoms with Crippen LogP contribution in [0.1, 0.15) is 20.8 Å². The Labute approximate surface area is 112 Å². The summed E-state index contributed by atoms with van der Waals surface area (Å²) in [6.45, 7) is 6.15. The zero-order valence-electron chi connectivity index (χ0n) is 11.5. The Morgan fingerprint density at radius 1 is 1.11 bits per heavy atom. The summed E-state index contributed by atoms with van der Waals surface area (Å²) in [4.78, 5) is 34.9. The van der Waals surface area contributed by atoms with E-state index in [-0.39, 0.29) is 44.1 Å². The number of amides is 2. The van der Waals surface area contributed by atoms with Crippen molar-refractivity contribution in [2.75, 3.05) is 26.4 Å². The van der Waals surface area contributed by atoms with E-state index >= 15 is 0 Å². The molecule has 0 unspecified atom stereocenters. The van der Waals surface area contributed by atoms with Gasteiger partial charge in [0.25, 0.3) is 11.8 Å². The van der Waals surface area contributed by atoms with Gasteiger partial charge in [-0.05, 0) is 20.8 Å². The predicted octanol–water partition coefficient (Wildman–Crippen LogP) is 0.517. The Balaban J connectivity index is 2.08. The van der Waals surface area contributed by atoms with Gasteiger partial charge in [-0.1, -0.05) is 0 Å². The average Bonchev–Trinajstić information content (AvgIpc) is 2.63. The molecule has 0 atom stereocenters. The van der Waals surface area contributed by atoms with Crippen molar-refractivity contribution in [2.45, 2.75) is 20.8 Å². The van der Waals surface area contributed by atoms with Crippen LogP contribution in [-0.2, 0) is 23.9 Å². The van der Waals surface area contributed by atoms with Crippen LogP contribution in [-0.4, -0.2) is 49.0 Å². The first-order valence-corrected chi connectivity index (χ1v) is 6.11. The minimum atomic E-state index is -0.528. The molecule has 1 aliphatic heterocycles. The van der Waals surface area contributed by atoms with E-state index < -0.39 is 5.41 Å². The Kier molecular flexibility index (Phi) is 5.23. The second-order valence-corrected chi connectivity index (χ2v) is 5.16. The summed E-state index contributed by atoms with van der Waals surface area (Å²) in [7, 11) is 0. The first-order valence-electron chi connectivity index (χ1n) is 6.11. The Morgan fingerprint density at radius 2 is 1.68 bits per heavy atom. The van der Waals surface area contributed by atoms with E-state index in [1.54, 1.807) is 20.8 Å². The molecule has 0 aromatic carbocycles. The van der Waals surface area contributed by atoms with Gasteiger partial charge in [0.15, 0.2) is 0 Å². The molecular formula is C13H19NO5. The monoisotopic (exact) mass is 269 g/mol. The fourth-order valence-corrected chi connectivity index (χ4v) is 1.32. The van der Waals surface area contributed by atoms with Crippen molar-refractivity contribution >= 4 is 17.8 Å². The molecule has 6 heteroatoms. The highest BCUT2D eigenvalue weighted by molar-refractivity contribution is 6.12. The van der Waals surface area contributed by atoms with E-state index in [0.717, 1.165) is 4.90 Å². The molecule has 0 aromatic heterocycles. The number of rotatable bonds is 6. The lowest BCUT2D eigenvalue weighted by molar-refractivity contribution is -0.154. The highest BCUT2D eigenvalue weighted by Crippen LogP contribution is 2.14. The standard InChI is InChI=1S/C13H19NO5/c1-13(2,3)12(17)19-9-8-18-7-6-14-10(15)4-5-11(14)16/h4-5H,6-9H2,1-3H3. The second kappa shape index (κ2) is 6.47. The van der Waals surface area contributed by atoms with Crippen LogP contribution in [0.3, 0.4) is 0 Å². The SMILES string of the molecule is CC(C)(C)C(=O)OCCOCCN1C(=O)C=CC1=O. The number of hydrogen-bond acceptors (Lipinski definition) is 5. The molecule has 106 valence electrons. The van der Waals surface area contributed by atoms with Crippen LogP contribution in [0.2, 0.25) is 0 Å². The molecule has 1 rings (SSSR count). The zero-order valence-corrected chi connectivity index (χ0v) is 11.5. The quantitative estimate of drug-likeness (QED) is 0.399. The van der Waals surface area contributed by atoms with Gasteiger partial charge in [-0.25, -0.2) is 0 Å². The fourth-order valence-electron chi connectivity index (χ4n) is 1.32. The molecule has 1 heterocycles. The first-order chi connectivity index (χ1) is 8.82. The summed E-state index contributed by atoms with van der Waals surface area (Å²) in [5, 5.41) is 0. The van der Waals surface area contributed by atoms with Crippen molar-refractivity contribution in [3.05, 3.63) is 12.2 Å². The lowest BCUT2D eigenvalue weighted by atomic mass is 9.97. The molecular weight excluding hydrogens is 250 g/mol. The van der Waals surface area contributed by atoms with Crippen LogP contribution >= 0.6 is 0 Å². The Hall–Kier alpha value is -1.69. The fraction of sp³-hybridized carbons (Fsp3) is 0.615. The van der Waals surface area contributed by atoms with E-state index in [0.29, 0.717) is 0 Å². The summed E-state index contributed by atoms with van der Waals surface area (Å²) in [5.74, 6) is -0.939. The van der Waals surface area contributed by atoms with Gasteiger partial charge in [-0.15, -0.1) is 0 Å². The molecule has 0 bridgehead atoms. The summed E-state index contributed by atoms with van der Waals surface area (Å²) in [5.41, 5.74) is -0.528. The van der Waals surface area contributed by atoms with Crippen LogP contribution in [0.25, 0.3) is 0 Å². The molecule has 0 saturated carbocycles. The summed E-state index contributed by atoms with van der Waals surface area (Å²) >= 11 is 0. The van der Waals surface area contributed by atoms with E-state index in [4.69, 9.17) is 9.47 Å². The third kappa shape index (κ3) is 4.82. The maximum Gasteiger partial charge on any atom is 0.311 e. The smallest absolute Gasteiger partial charge is 0.311 e. The first kappa shape index (κ1) is 15.4. The largest absolute Gasteiger partial charge is 0.463 e. The molecule has 0 N–H and O–H groups in total. The number of hydrogen-bond donors (Lipinski definition) is 0. The van der Waals surface area contributed by atoms with Gasteiger partial charge in [-0.2, -0.15) is 0 Å². The van der Waals surface area contributed by atoms with Gasteiger partial charge in [0.1, 0.15) is 6.61 Å². The van der Waals surface area contributed by atoms with Crippen LogP contribution in [0.15, 0.2) is 12.2 Å². The lowest BCUT2D eigenvalue weighted by Crippen LogP contribution is -2.33. The van der Waals surface area contributed by atoms with Crippen molar-refractivity contribution in [2.24, 2.45) is 5.41 Å². The molecule has 0 aliphatic carbocycles. The third-order valence-electron chi connectivity index (χ3n) is 2.43. The Morgan fingerprint density at radius 3 is 2.21 bits per heavy atom. The van der Waals surface area contributed by atoms with Crippen molar-refractivity contribution in [1.82, 2.24) is 4.90 Å². The number of carbonyl (C=O) groups is 3. The molecule has 0 aromatic rings. The molecule has 0 radical (unpaired) electrons.